The third kappa shape index (κ3) is 3.65. The van der Waals surface area contributed by atoms with E-state index in [0.717, 1.165) is 25.7 Å². The van der Waals surface area contributed by atoms with E-state index in [0.29, 0.717) is 12.5 Å². The van der Waals surface area contributed by atoms with Gasteiger partial charge in [-0.05, 0) is 37.7 Å². The van der Waals surface area contributed by atoms with Crippen molar-refractivity contribution in [2.45, 2.75) is 57.0 Å². The van der Waals surface area contributed by atoms with Crippen LogP contribution >= 0.6 is 0 Å². The smallest absolute Gasteiger partial charge is 0.352 e. The molecule has 0 saturated heterocycles. The van der Waals surface area contributed by atoms with Crippen molar-refractivity contribution >= 4 is 16.0 Å². The number of aromatic nitrogens is 1. The van der Waals surface area contributed by atoms with Crippen LogP contribution in [0.4, 0.5) is 0 Å². The number of carboxylic acid groups (broad SMARTS) is 1. The third-order valence-electron chi connectivity index (χ3n) is 3.88. The minimum atomic E-state index is -3.65. The van der Waals surface area contributed by atoms with Crippen molar-refractivity contribution in [3.05, 3.63) is 18.0 Å². The zero-order valence-electron chi connectivity index (χ0n) is 12.4. The Hall–Kier alpha value is -1.34. The highest BCUT2D eigenvalue weighted by Crippen LogP contribution is 2.26. The minimum absolute atomic E-state index is 0.0111. The summed E-state index contributed by atoms with van der Waals surface area (Å²) in [5.74, 6) is -0.587. The Bertz CT molecular complexity index is 621. The van der Waals surface area contributed by atoms with E-state index in [-0.39, 0.29) is 16.6 Å². The number of rotatable bonds is 6. The molecule has 2 N–H and O–H groups in total. The Labute approximate surface area is 125 Å². The second-order valence-corrected chi connectivity index (χ2v) is 7.51. The van der Waals surface area contributed by atoms with Crippen molar-refractivity contribution < 1.29 is 18.3 Å². The van der Waals surface area contributed by atoms with Gasteiger partial charge in [-0.25, -0.2) is 17.9 Å². The fourth-order valence-corrected chi connectivity index (χ4v) is 4.16. The molecule has 0 spiro atoms. The molecule has 6 nitrogen and oxygen atoms in total. The quantitative estimate of drug-likeness (QED) is 0.841. The van der Waals surface area contributed by atoms with Gasteiger partial charge in [0.1, 0.15) is 10.6 Å². The lowest BCUT2D eigenvalue weighted by Gasteiger charge is -2.11. The molecule has 0 amide bonds. The van der Waals surface area contributed by atoms with Crippen molar-refractivity contribution in [2.24, 2.45) is 5.92 Å². The molecule has 2 rings (SSSR count). The topological polar surface area (TPSA) is 88.4 Å². The molecule has 1 aliphatic rings. The molecule has 0 aliphatic heterocycles. The molecule has 118 valence electrons. The van der Waals surface area contributed by atoms with E-state index < -0.39 is 16.0 Å². The van der Waals surface area contributed by atoms with Gasteiger partial charge in [-0.2, -0.15) is 0 Å². The van der Waals surface area contributed by atoms with Gasteiger partial charge in [-0.3, -0.25) is 0 Å². The number of hydrogen-bond acceptors (Lipinski definition) is 3. The molecule has 1 fully saturated rings. The van der Waals surface area contributed by atoms with Gasteiger partial charge < -0.3 is 9.67 Å². The number of hydrogen-bond donors (Lipinski definition) is 2. The lowest BCUT2D eigenvalue weighted by Crippen LogP contribution is -2.32. The molecular formula is C14H22N2O4S. The van der Waals surface area contributed by atoms with Crippen molar-refractivity contribution in [3.8, 4) is 0 Å². The first-order chi connectivity index (χ1) is 9.83. The molecule has 1 saturated carbocycles. The van der Waals surface area contributed by atoms with Crippen LogP contribution in [0.5, 0.6) is 0 Å². The van der Waals surface area contributed by atoms with Gasteiger partial charge in [-0.15, -0.1) is 0 Å². The maximum atomic E-state index is 12.4. The maximum Gasteiger partial charge on any atom is 0.352 e. The zero-order chi connectivity index (χ0) is 15.6. The molecule has 7 heteroatoms. The number of sulfonamides is 1. The fourth-order valence-electron chi connectivity index (χ4n) is 2.84. The van der Waals surface area contributed by atoms with Gasteiger partial charge in [0.15, 0.2) is 0 Å². The lowest BCUT2D eigenvalue weighted by atomic mass is 10.1. The Balaban J connectivity index is 2.23. The van der Waals surface area contributed by atoms with Crippen molar-refractivity contribution in [3.63, 3.8) is 0 Å². The van der Waals surface area contributed by atoms with Crippen LogP contribution < -0.4 is 4.72 Å². The van der Waals surface area contributed by atoms with Gasteiger partial charge in [0.2, 0.25) is 10.0 Å². The summed E-state index contributed by atoms with van der Waals surface area (Å²) in [6.45, 7) is 4.50. The number of nitrogens with zero attached hydrogens (tertiary/aromatic N) is 1. The van der Waals surface area contributed by atoms with E-state index in [1.54, 1.807) is 0 Å². The monoisotopic (exact) mass is 314 g/mol. The fraction of sp³-hybridized carbons (Fsp3) is 0.643. The van der Waals surface area contributed by atoms with Crippen LogP contribution in [0.1, 0.15) is 50.0 Å². The summed E-state index contributed by atoms with van der Waals surface area (Å²) in [6, 6.07) is 1.19. The van der Waals surface area contributed by atoms with Crippen molar-refractivity contribution in [1.29, 1.82) is 0 Å². The van der Waals surface area contributed by atoms with E-state index >= 15 is 0 Å². The minimum Gasteiger partial charge on any atom is -0.477 e. The van der Waals surface area contributed by atoms with Crippen LogP contribution in [0.15, 0.2) is 17.2 Å². The highest BCUT2D eigenvalue weighted by atomic mass is 32.2. The first-order valence-corrected chi connectivity index (χ1v) is 8.77. The highest BCUT2D eigenvalue weighted by Gasteiger charge is 2.28. The normalized spacial score (nSPS) is 22.6. The molecule has 2 unspecified atom stereocenters. The largest absolute Gasteiger partial charge is 0.477 e. The molecule has 1 aromatic rings. The van der Waals surface area contributed by atoms with E-state index in [1.807, 2.05) is 6.92 Å². The Kier molecular flexibility index (Phi) is 4.73. The number of carbonyl (C=O) groups is 1. The maximum absolute atomic E-state index is 12.4. The van der Waals surface area contributed by atoms with Crippen molar-refractivity contribution in [2.75, 3.05) is 0 Å². The molecule has 2 atom stereocenters. The second kappa shape index (κ2) is 6.19. The predicted octanol–water partition coefficient (Wildman–Crippen LogP) is 2.06. The lowest BCUT2D eigenvalue weighted by molar-refractivity contribution is 0.0685. The number of carboxylic acids is 1. The Morgan fingerprint density at radius 1 is 1.48 bits per heavy atom. The van der Waals surface area contributed by atoms with Crippen LogP contribution in [0.25, 0.3) is 0 Å². The predicted molar refractivity (Wildman–Crippen MR) is 78.8 cm³/mol. The summed E-state index contributed by atoms with van der Waals surface area (Å²) in [5, 5.41) is 9.15. The van der Waals surface area contributed by atoms with Gasteiger partial charge in [0, 0.05) is 18.8 Å². The SMILES string of the molecule is CCCn1cc(S(=O)(=O)NC2CCC(C)C2)cc1C(=O)O. The number of aromatic carboxylic acids is 1. The molecule has 0 aromatic carbocycles. The summed E-state index contributed by atoms with van der Waals surface area (Å²) >= 11 is 0. The van der Waals surface area contributed by atoms with Crippen molar-refractivity contribution in [1.82, 2.24) is 9.29 Å². The van der Waals surface area contributed by atoms with Crippen LogP contribution in [-0.4, -0.2) is 30.1 Å². The molecule has 0 bridgehead atoms. The molecule has 21 heavy (non-hydrogen) atoms. The van der Waals surface area contributed by atoms with E-state index in [1.165, 1.54) is 16.8 Å². The van der Waals surface area contributed by atoms with Crippen LogP contribution in [-0.2, 0) is 16.6 Å². The molecule has 1 aliphatic carbocycles. The summed E-state index contributed by atoms with van der Waals surface area (Å²) < 4.78 is 28.9. The first kappa shape index (κ1) is 16.0. The van der Waals surface area contributed by atoms with Crippen LogP contribution in [0.3, 0.4) is 0 Å². The summed E-state index contributed by atoms with van der Waals surface area (Å²) in [4.78, 5) is 11.2. The van der Waals surface area contributed by atoms with Gasteiger partial charge >= 0.3 is 5.97 Å². The summed E-state index contributed by atoms with van der Waals surface area (Å²) in [5.41, 5.74) is 0.0111. The standard InChI is InChI=1S/C14H22N2O4S/c1-3-6-16-9-12(8-13(16)14(17)18)21(19,20)15-11-5-4-10(2)7-11/h8-11,15H,3-7H2,1-2H3,(H,17,18). The number of nitrogens with one attached hydrogen (secondary N) is 1. The second-order valence-electron chi connectivity index (χ2n) is 5.80. The molecule has 1 aromatic heterocycles. The molecule has 1 heterocycles. The first-order valence-electron chi connectivity index (χ1n) is 7.29. The van der Waals surface area contributed by atoms with Gasteiger partial charge in [0.05, 0.1) is 0 Å². The highest BCUT2D eigenvalue weighted by molar-refractivity contribution is 7.89. The molecule has 0 radical (unpaired) electrons. The summed E-state index contributed by atoms with van der Waals surface area (Å²) in [7, 11) is -3.65. The average molecular weight is 314 g/mol. The van der Waals surface area contributed by atoms with Gasteiger partial charge in [-0.1, -0.05) is 13.8 Å². The van der Waals surface area contributed by atoms with E-state index in [4.69, 9.17) is 5.11 Å². The summed E-state index contributed by atoms with van der Waals surface area (Å²) in [6.07, 6.45) is 4.84. The Morgan fingerprint density at radius 2 is 2.19 bits per heavy atom. The van der Waals surface area contributed by atoms with E-state index in [2.05, 4.69) is 11.6 Å². The third-order valence-corrected chi connectivity index (χ3v) is 5.37. The van der Waals surface area contributed by atoms with Gasteiger partial charge in [0.25, 0.3) is 0 Å². The number of aryl methyl sites for hydroxylation is 1. The average Bonchev–Trinajstić information content (AvgIpc) is 2.96. The van der Waals surface area contributed by atoms with E-state index in [9.17, 15) is 13.2 Å². The van der Waals surface area contributed by atoms with Crippen LogP contribution in [0.2, 0.25) is 0 Å². The van der Waals surface area contributed by atoms with Crippen LogP contribution in [0, 0.1) is 5.92 Å². The Morgan fingerprint density at radius 3 is 2.71 bits per heavy atom. The molecular weight excluding hydrogens is 292 g/mol. The zero-order valence-corrected chi connectivity index (χ0v) is 13.2.